The van der Waals surface area contributed by atoms with Gasteiger partial charge < -0.3 is 5.32 Å². The summed E-state index contributed by atoms with van der Waals surface area (Å²) in [4.78, 5) is 0. The van der Waals surface area contributed by atoms with Crippen molar-refractivity contribution in [1.82, 2.24) is 0 Å². The van der Waals surface area contributed by atoms with Crippen molar-refractivity contribution in [3.05, 3.63) is 28.2 Å². The van der Waals surface area contributed by atoms with Gasteiger partial charge in [-0.25, -0.2) is 0 Å². The summed E-state index contributed by atoms with van der Waals surface area (Å²) in [5.41, 5.74) is 2.28. The van der Waals surface area contributed by atoms with Crippen molar-refractivity contribution < 1.29 is 0 Å². The molecule has 1 unspecified atom stereocenters. The van der Waals surface area contributed by atoms with Crippen LogP contribution in [0.3, 0.4) is 0 Å². The molecule has 0 radical (unpaired) electrons. The predicted octanol–water partition coefficient (Wildman–Crippen LogP) is 3.86. The second-order valence-corrected chi connectivity index (χ2v) is 4.43. The number of aryl methyl sites for hydroxylation is 1. The zero-order valence-corrected chi connectivity index (χ0v) is 10.6. The van der Waals surface area contributed by atoms with E-state index in [1.54, 1.807) is 0 Å². The molecule has 0 saturated heterocycles. The van der Waals surface area contributed by atoms with Crippen LogP contribution in [-0.4, -0.2) is 6.04 Å². The summed E-state index contributed by atoms with van der Waals surface area (Å²) < 4.78 is 1.10. The Kier molecular flexibility index (Phi) is 4.64. The summed E-state index contributed by atoms with van der Waals surface area (Å²) in [6.45, 7) is 4.14. The standard InChI is InChI=1S/C12H15BrN2/c1-3-10(6-7-14)15-11-5-4-9(2)12(13)8-11/h4-5,8,10,15H,3,6H2,1-2H3. The molecule has 1 N–H and O–H groups in total. The maximum atomic E-state index is 8.65. The number of halogens is 1. The predicted molar refractivity (Wildman–Crippen MR) is 66.8 cm³/mol. The van der Waals surface area contributed by atoms with E-state index < -0.39 is 0 Å². The van der Waals surface area contributed by atoms with Crippen molar-refractivity contribution >= 4 is 21.6 Å². The summed E-state index contributed by atoms with van der Waals surface area (Å²) in [6, 6.07) is 8.58. The van der Waals surface area contributed by atoms with Gasteiger partial charge in [0.05, 0.1) is 12.5 Å². The molecule has 0 aliphatic rings. The Bertz CT molecular complexity index is 368. The third-order valence-corrected chi connectivity index (χ3v) is 3.23. The fourth-order valence-corrected chi connectivity index (χ4v) is 1.70. The van der Waals surface area contributed by atoms with Crippen molar-refractivity contribution in [2.45, 2.75) is 32.7 Å². The summed E-state index contributed by atoms with van der Waals surface area (Å²) in [6.07, 6.45) is 1.50. The Morgan fingerprint density at radius 2 is 2.27 bits per heavy atom. The lowest BCUT2D eigenvalue weighted by molar-refractivity contribution is 0.711. The van der Waals surface area contributed by atoms with E-state index in [4.69, 9.17) is 5.26 Å². The van der Waals surface area contributed by atoms with Crippen LogP contribution >= 0.6 is 15.9 Å². The third-order valence-electron chi connectivity index (χ3n) is 2.37. The van der Waals surface area contributed by atoms with Gasteiger partial charge >= 0.3 is 0 Å². The molecule has 1 aromatic rings. The molecule has 0 saturated carbocycles. The van der Waals surface area contributed by atoms with E-state index >= 15 is 0 Å². The average Bonchev–Trinajstić information content (AvgIpc) is 2.23. The summed E-state index contributed by atoms with van der Waals surface area (Å²) in [5.74, 6) is 0. The van der Waals surface area contributed by atoms with Gasteiger partial charge in [-0.1, -0.05) is 28.9 Å². The number of benzene rings is 1. The minimum absolute atomic E-state index is 0.240. The van der Waals surface area contributed by atoms with Crippen LogP contribution in [0.5, 0.6) is 0 Å². The Labute approximate surface area is 99.4 Å². The van der Waals surface area contributed by atoms with Gasteiger partial charge in [0, 0.05) is 16.2 Å². The molecule has 0 heterocycles. The van der Waals surface area contributed by atoms with Gasteiger partial charge in [-0.15, -0.1) is 0 Å². The van der Waals surface area contributed by atoms with Crippen LogP contribution in [-0.2, 0) is 0 Å². The summed E-state index contributed by atoms with van der Waals surface area (Å²) in [7, 11) is 0. The number of hydrogen-bond acceptors (Lipinski definition) is 2. The van der Waals surface area contributed by atoms with Crippen molar-refractivity contribution in [1.29, 1.82) is 5.26 Å². The maximum Gasteiger partial charge on any atom is 0.0643 e. The number of nitriles is 1. The molecule has 0 aromatic heterocycles. The molecule has 0 aliphatic heterocycles. The van der Waals surface area contributed by atoms with E-state index in [0.717, 1.165) is 16.6 Å². The molecule has 0 fully saturated rings. The van der Waals surface area contributed by atoms with E-state index in [0.29, 0.717) is 6.42 Å². The Morgan fingerprint density at radius 3 is 2.80 bits per heavy atom. The maximum absolute atomic E-state index is 8.65. The molecule has 3 heteroatoms. The average molecular weight is 267 g/mol. The Morgan fingerprint density at radius 1 is 1.53 bits per heavy atom. The summed E-state index contributed by atoms with van der Waals surface area (Å²) in [5, 5.41) is 12.0. The first-order chi connectivity index (χ1) is 7.17. The van der Waals surface area contributed by atoms with Gasteiger partial charge in [0.25, 0.3) is 0 Å². The number of rotatable bonds is 4. The molecular formula is C12H15BrN2. The first kappa shape index (κ1) is 12.1. The monoisotopic (exact) mass is 266 g/mol. The number of nitrogens with one attached hydrogen (secondary N) is 1. The van der Waals surface area contributed by atoms with Crippen LogP contribution in [0.25, 0.3) is 0 Å². The SMILES string of the molecule is CCC(CC#N)Nc1ccc(C)c(Br)c1. The van der Waals surface area contributed by atoms with E-state index in [1.807, 2.05) is 6.07 Å². The lowest BCUT2D eigenvalue weighted by Gasteiger charge is -2.15. The highest BCUT2D eigenvalue weighted by atomic mass is 79.9. The highest BCUT2D eigenvalue weighted by molar-refractivity contribution is 9.10. The quantitative estimate of drug-likeness (QED) is 0.899. The van der Waals surface area contributed by atoms with Gasteiger partial charge in [0.2, 0.25) is 0 Å². The van der Waals surface area contributed by atoms with Crippen molar-refractivity contribution in [3.63, 3.8) is 0 Å². The van der Waals surface area contributed by atoms with Crippen molar-refractivity contribution in [2.75, 3.05) is 5.32 Å². The first-order valence-corrected chi connectivity index (χ1v) is 5.86. The zero-order valence-electron chi connectivity index (χ0n) is 9.05. The lowest BCUT2D eigenvalue weighted by atomic mass is 10.1. The number of anilines is 1. The Hall–Kier alpha value is -1.01. The molecule has 2 nitrogen and oxygen atoms in total. The lowest BCUT2D eigenvalue weighted by Crippen LogP contribution is -2.17. The smallest absolute Gasteiger partial charge is 0.0643 e. The molecule has 0 bridgehead atoms. The van der Waals surface area contributed by atoms with Crippen LogP contribution in [0.2, 0.25) is 0 Å². The normalized spacial score (nSPS) is 11.9. The molecule has 1 aromatic carbocycles. The first-order valence-electron chi connectivity index (χ1n) is 5.07. The molecule has 0 amide bonds. The molecule has 15 heavy (non-hydrogen) atoms. The highest BCUT2D eigenvalue weighted by Crippen LogP contribution is 2.21. The van der Waals surface area contributed by atoms with E-state index in [1.165, 1.54) is 5.56 Å². The van der Waals surface area contributed by atoms with E-state index in [9.17, 15) is 0 Å². The number of nitrogens with zero attached hydrogens (tertiary/aromatic N) is 1. The molecule has 80 valence electrons. The van der Waals surface area contributed by atoms with Gasteiger partial charge in [-0.05, 0) is 31.0 Å². The fourth-order valence-electron chi connectivity index (χ4n) is 1.33. The second kappa shape index (κ2) is 5.77. The van der Waals surface area contributed by atoms with Gasteiger partial charge in [-0.3, -0.25) is 0 Å². The van der Waals surface area contributed by atoms with Gasteiger partial charge in [0.1, 0.15) is 0 Å². The van der Waals surface area contributed by atoms with Crippen molar-refractivity contribution in [2.24, 2.45) is 0 Å². The molecular weight excluding hydrogens is 252 g/mol. The van der Waals surface area contributed by atoms with Crippen LogP contribution in [0.4, 0.5) is 5.69 Å². The van der Waals surface area contributed by atoms with Crippen LogP contribution in [0.15, 0.2) is 22.7 Å². The number of hydrogen-bond donors (Lipinski definition) is 1. The molecule has 0 spiro atoms. The fraction of sp³-hybridized carbons (Fsp3) is 0.417. The highest BCUT2D eigenvalue weighted by Gasteiger charge is 2.05. The van der Waals surface area contributed by atoms with Gasteiger partial charge in [0.15, 0.2) is 0 Å². The second-order valence-electron chi connectivity index (χ2n) is 3.58. The van der Waals surface area contributed by atoms with Crippen LogP contribution in [0, 0.1) is 18.3 Å². The topological polar surface area (TPSA) is 35.8 Å². The zero-order chi connectivity index (χ0) is 11.3. The van der Waals surface area contributed by atoms with Crippen molar-refractivity contribution in [3.8, 4) is 6.07 Å². The minimum Gasteiger partial charge on any atom is -0.381 e. The molecule has 1 rings (SSSR count). The van der Waals surface area contributed by atoms with Gasteiger partial charge in [-0.2, -0.15) is 5.26 Å². The van der Waals surface area contributed by atoms with E-state index in [-0.39, 0.29) is 6.04 Å². The molecule has 0 aliphatic carbocycles. The summed E-state index contributed by atoms with van der Waals surface area (Å²) >= 11 is 3.49. The Balaban J connectivity index is 2.71. The largest absolute Gasteiger partial charge is 0.381 e. The molecule has 1 atom stereocenters. The third kappa shape index (κ3) is 3.56. The van der Waals surface area contributed by atoms with Crippen LogP contribution < -0.4 is 5.32 Å². The van der Waals surface area contributed by atoms with E-state index in [2.05, 4.69) is 53.3 Å². The van der Waals surface area contributed by atoms with Crippen LogP contribution in [0.1, 0.15) is 25.3 Å². The minimum atomic E-state index is 0.240.